The average Bonchev–Trinajstić information content (AvgIpc) is 2.52. The zero-order chi connectivity index (χ0) is 18.3. The molecule has 1 atom stereocenters. The van der Waals surface area contributed by atoms with Gasteiger partial charge in [-0.15, -0.1) is 0 Å². The minimum atomic E-state index is -1.64. The number of carbonyl (C=O) groups excluding carboxylic acids is 2. The molecule has 8 heteroatoms. The molecule has 1 rings (SSSR count). The molecule has 1 aromatic rings. The molecule has 0 saturated carbocycles. The predicted molar refractivity (Wildman–Crippen MR) is 84.1 cm³/mol. The number of hydrogen-bond donors (Lipinski definition) is 3. The van der Waals surface area contributed by atoms with Crippen LogP contribution in [-0.2, 0) is 9.59 Å². The van der Waals surface area contributed by atoms with E-state index in [9.17, 15) is 22.8 Å². The van der Waals surface area contributed by atoms with Gasteiger partial charge in [0.25, 0.3) is 11.8 Å². The number of rotatable bonds is 8. The fraction of sp³-hybridized carbons (Fsp3) is 0.500. The number of carbonyl (C=O) groups is 2. The lowest BCUT2D eigenvalue weighted by molar-refractivity contribution is -0.862. The van der Waals surface area contributed by atoms with Gasteiger partial charge in [-0.3, -0.25) is 9.59 Å². The van der Waals surface area contributed by atoms with Crippen LogP contribution in [0.3, 0.4) is 0 Å². The van der Waals surface area contributed by atoms with Crippen LogP contribution in [0.25, 0.3) is 0 Å². The Kier molecular flexibility index (Phi) is 7.70. The zero-order valence-corrected chi connectivity index (χ0v) is 14.0. The van der Waals surface area contributed by atoms with Crippen molar-refractivity contribution in [2.45, 2.75) is 32.7 Å². The maximum absolute atomic E-state index is 13.5. The van der Waals surface area contributed by atoms with Crippen LogP contribution in [0.5, 0.6) is 0 Å². The van der Waals surface area contributed by atoms with Gasteiger partial charge in [0.2, 0.25) is 0 Å². The number of hydrogen-bond acceptors (Lipinski definition) is 2. The third kappa shape index (κ3) is 5.84. The first-order chi connectivity index (χ1) is 11.3. The van der Waals surface area contributed by atoms with E-state index >= 15 is 0 Å². The lowest BCUT2D eigenvalue weighted by atomic mass is 10.2. The summed E-state index contributed by atoms with van der Waals surface area (Å²) in [6.07, 6.45) is 1.63. The van der Waals surface area contributed by atoms with Gasteiger partial charge in [0.1, 0.15) is 0 Å². The highest BCUT2D eigenvalue weighted by atomic mass is 19.2. The fourth-order valence-electron chi connectivity index (χ4n) is 2.20. The molecule has 1 aromatic carbocycles. The lowest BCUT2D eigenvalue weighted by Crippen LogP contribution is -3.11. The molecule has 0 radical (unpaired) electrons. The van der Waals surface area contributed by atoms with Crippen LogP contribution in [-0.4, -0.2) is 38.0 Å². The molecular weight excluding hydrogens is 323 g/mol. The molecule has 0 fully saturated rings. The molecule has 0 aliphatic carbocycles. The van der Waals surface area contributed by atoms with Gasteiger partial charge in [0, 0.05) is 6.04 Å². The van der Waals surface area contributed by atoms with Gasteiger partial charge in [0.15, 0.2) is 30.5 Å². The molecule has 3 N–H and O–H groups in total. The molecule has 5 nitrogen and oxygen atoms in total. The summed E-state index contributed by atoms with van der Waals surface area (Å²) in [6.45, 7) is 3.89. The second kappa shape index (κ2) is 9.27. The minimum absolute atomic E-state index is 0.0736. The van der Waals surface area contributed by atoms with Crippen LogP contribution < -0.4 is 15.5 Å². The zero-order valence-electron chi connectivity index (χ0n) is 14.0. The van der Waals surface area contributed by atoms with Crippen LogP contribution in [0, 0.1) is 17.5 Å². The SMILES string of the molecule is CCC(CC)NC(=O)C[NH+](C)CC(=O)Nc1ccc(F)c(F)c1F. The van der Waals surface area contributed by atoms with E-state index in [1.165, 1.54) is 0 Å². The van der Waals surface area contributed by atoms with Crippen molar-refractivity contribution >= 4 is 17.5 Å². The summed E-state index contributed by atoms with van der Waals surface area (Å²) < 4.78 is 39.4. The molecule has 0 saturated heterocycles. The number of nitrogens with one attached hydrogen (secondary N) is 3. The van der Waals surface area contributed by atoms with E-state index in [4.69, 9.17) is 0 Å². The summed E-state index contributed by atoms with van der Waals surface area (Å²) in [5.41, 5.74) is -0.437. The number of anilines is 1. The predicted octanol–water partition coefficient (Wildman–Crippen LogP) is 0.862. The topological polar surface area (TPSA) is 62.6 Å². The van der Waals surface area contributed by atoms with Crippen molar-refractivity contribution in [3.63, 3.8) is 0 Å². The van der Waals surface area contributed by atoms with Gasteiger partial charge < -0.3 is 15.5 Å². The van der Waals surface area contributed by atoms with Gasteiger partial charge in [-0.25, -0.2) is 13.2 Å². The Bertz CT molecular complexity index is 592. The Morgan fingerprint density at radius 2 is 1.62 bits per heavy atom. The Hall–Kier alpha value is -2.09. The summed E-state index contributed by atoms with van der Waals surface area (Å²) in [7, 11) is 1.63. The Labute approximate surface area is 139 Å². The van der Waals surface area contributed by atoms with Gasteiger partial charge in [-0.2, -0.15) is 0 Å². The van der Waals surface area contributed by atoms with E-state index in [1.807, 2.05) is 13.8 Å². The van der Waals surface area contributed by atoms with Gasteiger partial charge in [0.05, 0.1) is 12.7 Å². The van der Waals surface area contributed by atoms with Crippen molar-refractivity contribution in [1.29, 1.82) is 0 Å². The number of benzene rings is 1. The van der Waals surface area contributed by atoms with Gasteiger partial charge in [-0.05, 0) is 25.0 Å². The van der Waals surface area contributed by atoms with E-state index in [0.29, 0.717) is 4.90 Å². The third-order valence-electron chi connectivity index (χ3n) is 3.58. The number of quaternary nitrogens is 1. The minimum Gasteiger partial charge on any atom is -0.349 e. The van der Waals surface area contributed by atoms with Crippen molar-refractivity contribution in [3.8, 4) is 0 Å². The second-order valence-electron chi connectivity index (χ2n) is 5.66. The van der Waals surface area contributed by atoms with E-state index in [2.05, 4.69) is 10.6 Å². The Morgan fingerprint density at radius 3 is 2.21 bits per heavy atom. The molecule has 0 heterocycles. The molecule has 1 unspecified atom stereocenters. The quantitative estimate of drug-likeness (QED) is 0.612. The van der Waals surface area contributed by atoms with Crippen molar-refractivity contribution < 1.29 is 27.7 Å². The Morgan fingerprint density at radius 1 is 1.04 bits per heavy atom. The largest absolute Gasteiger partial charge is 0.349 e. The molecule has 0 aromatic heterocycles. The molecule has 134 valence electrons. The first kappa shape index (κ1) is 20.0. The second-order valence-corrected chi connectivity index (χ2v) is 5.66. The molecule has 0 bridgehead atoms. The van der Waals surface area contributed by atoms with E-state index in [-0.39, 0.29) is 25.0 Å². The lowest BCUT2D eigenvalue weighted by Gasteiger charge is -2.17. The van der Waals surface area contributed by atoms with Crippen molar-refractivity contribution in [1.82, 2.24) is 5.32 Å². The van der Waals surface area contributed by atoms with Crippen molar-refractivity contribution in [2.75, 3.05) is 25.5 Å². The molecule has 0 spiro atoms. The fourth-order valence-corrected chi connectivity index (χ4v) is 2.20. The average molecular weight is 346 g/mol. The summed E-state index contributed by atoms with van der Waals surface area (Å²) in [5, 5.41) is 5.02. The summed E-state index contributed by atoms with van der Waals surface area (Å²) in [6, 6.07) is 1.77. The highest BCUT2D eigenvalue weighted by Crippen LogP contribution is 2.19. The van der Waals surface area contributed by atoms with E-state index in [0.717, 1.165) is 25.0 Å². The van der Waals surface area contributed by atoms with Crippen LogP contribution in [0.1, 0.15) is 26.7 Å². The molecule has 0 aliphatic heterocycles. The monoisotopic (exact) mass is 346 g/mol. The third-order valence-corrected chi connectivity index (χ3v) is 3.58. The van der Waals surface area contributed by atoms with E-state index in [1.54, 1.807) is 7.05 Å². The van der Waals surface area contributed by atoms with Crippen LogP contribution in [0.15, 0.2) is 12.1 Å². The van der Waals surface area contributed by atoms with E-state index < -0.39 is 29.0 Å². The molecular formula is C16H23F3N3O2+. The van der Waals surface area contributed by atoms with Crippen molar-refractivity contribution in [3.05, 3.63) is 29.6 Å². The highest BCUT2D eigenvalue weighted by Gasteiger charge is 2.19. The first-order valence-corrected chi connectivity index (χ1v) is 7.82. The number of amides is 2. The summed E-state index contributed by atoms with van der Waals surface area (Å²) in [4.78, 5) is 24.3. The number of halogens is 3. The normalized spacial score (nSPS) is 12.1. The van der Waals surface area contributed by atoms with Crippen molar-refractivity contribution in [2.24, 2.45) is 0 Å². The van der Waals surface area contributed by atoms with Gasteiger partial charge >= 0.3 is 0 Å². The number of likely N-dealkylation sites (N-methyl/N-ethyl adjacent to an activating group) is 1. The van der Waals surface area contributed by atoms with Gasteiger partial charge in [-0.1, -0.05) is 13.8 Å². The first-order valence-electron chi connectivity index (χ1n) is 7.82. The smallest absolute Gasteiger partial charge is 0.279 e. The summed E-state index contributed by atoms with van der Waals surface area (Å²) >= 11 is 0. The molecule has 0 aliphatic rings. The highest BCUT2D eigenvalue weighted by molar-refractivity contribution is 5.91. The van der Waals surface area contributed by atoms with Crippen LogP contribution in [0.2, 0.25) is 0 Å². The summed E-state index contributed by atoms with van der Waals surface area (Å²) in [5.74, 6) is -5.21. The van der Waals surface area contributed by atoms with Crippen LogP contribution >= 0.6 is 0 Å². The van der Waals surface area contributed by atoms with Crippen LogP contribution in [0.4, 0.5) is 18.9 Å². The maximum atomic E-state index is 13.5. The molecule has 24 heavy (non-hydrogen) atoms. The standard InChI is InChI=1S/C16H22F3N3O2/c1-4-10(5-2)20-13(23)8-22(3)9-14(24)21-12-7-6-11(17)15(18)16(12)19/h6-7,10H,4-5,8-9H2,1-3H3,(H,20,23)(H,21,24)/p+1. The maximum Gasteiger partial charge on any atom is 0.279 e. The molecule has 2 amide bonds. The Balaban J connectivity index is 2.53.